The van der Waals surface area contributed by atoms with Crippen LogP contribution in [0.3, 0.4) is 0 Å². The van der Waals surface area contributed by atoms with Gasteiger partial charge in [0.15, 0.2) is 0 Å². The molecule has 1 amide bonds. The summed E-state index contributed by atoms with van der Waals surface area (Å²) >= 11 is 3.52. The molecule has 0 atom stereocenters. The van der Waals surface area contributed by atoms with E-state index in [0.717, 1.165) is 48.4 Å². The van der Waals surface area contributed by atoms with Gasteiger partial charge in [0.2, 0.25) is 5.91 Å². The fourth-order valence-corrected chi connectivity index (χ4v) is 5.43. The highest BCUT2D eigenvalue weighted by atomic mass is 79.9. The molecule has 4 aliphatic rings. The minimum absolute atomic E-state index is 0.152. The number of ether oxygens (including phenoxy) is 1. The number of fused-ring (bicyclic) bond motifs is 1. The summed E-state index contributed by atoms with van der Waals surface area (Å²) in [5.74, 6) is 0.186. The van der Waals surface area contributed by atoms with Crippen molar-refractivity contribution in [2.75, 3.05) is 24.6 Å². The lowest BCUT2D eigenvalue weighted by molar-refractivity contribution is -0.126. The molecule has 0 radical (unpaired) electrons. The van der Waals surface area contributed by atoms with Crippen LogP contribution in [0.2, 0.25) is 0 Å². The summed E-state index contributed by atoms with van der Waals surface area (Å²) in [6.07, 6.45) is 6.25. The smallest absolute Gasteiger partial charge is 0.239 e. The quantitative estimate of drug-likeness (QED) is 0.737. The van der Waals surface area contributed by atoms with Crippen molar-refractivity contribution in [2.24, 2.45) is 0 Å². The van der Waals surface area contributed by atoms with Crippen LogP contribution in [0.1, 0.15) is 52.1 Å². The van der Waals surface area contributed by atoms with Crippen molar-refractivity contribution in [1.82, 2.24) is 9.88 Å². The maximum atomic E-state index is 13.2. The highest BCUT2D eigenvalue weighted by Gasteiger charge is 2.57. The van der Waals surface area contributed by atoms with E-state index in [0.29, 0.717) is 0 Å². The minimum atomic E-state index is -0.543. The third kappa shape index (κ3) is 2.34. The Morgan fingerprint density at radius 2 is 2.00 bits per heavy atom. The average molecular weight is 420 g/mol. The summed E-state index contributed by atoms with van der Waals surface area (Å²) < 4.78 is 6.91. The third-order valence-corrected chi connectivity index (χ3v) is 7.41. The lowest BCUT2D eigenvalue weighted by Crippen LogP contribution is -2.66. The lowest BCUT2D eigenvalue weighted by Gasteiger charge is -2.56. The topological polar surface area (TPSA) is 45.7 Å². The van der Waals surface area contributed by atoms with Crippen molar-refractivity contribution in [3.63, 3.8) is 0 Å². The SMILES string of the molecule is CC1(C)C(=O)N([C@H]2C[C@@](C)(N3CCOC4(CC4)C3)C2)c2cc(Br)cnc21. The van der Waals surface area contributed by atoms with Gasteiger partial charge < -0.3 is 9.64 Å². The van der Waals surface area contributed by atoms with Gasteiger partial charge in [0.1, 0.15) is 0 Å². The van der Waals surface area contributed by atoms with E-state index in [9.17, 15) is 4.79 Å². The van der Waals surface area contributed by atoms with Gasteiger partial charge in [-0.3, -0.25) is 14.7 Å². The summed E-state index contributed by atoms with van der Waals surface area (Å²) in [6, 6.07) is 2.32. The molecule has 6 heteroatoms. The van der Waals surface area contributed by atoms with Crippen molar-refractivity contribution in [1.29, 1.82) is 0 Å². The average Bonchev–Trinajstić information content (AvgIpc) is 3.27. The fourth-order valence-electron chi connectivity index (χ4n) is 5.11. The van der Waals surface area contributed by atoms with Gasteiger partial charge in [-0.15, -0.1) is 0 Å². The maximum absolute atomic E-state index is 13.2. The molecule has 0 bridgehead atoms. The van der Waals surface area contributed by atoms with Crippen LogP contribution >= 0.6 is 15.9 Å². The minimum Gasteiger partial charge on any atom is -0.372 e. The zero-order chi connectivity index (χ0) is 18.3. The number of pyridine rings is 1. The molecular formula is C20H26BrN3O2. The standard InChI is InChI=1S/C20H26BrN3O2/c1-18(2)16-15(8-13(21)11-22-16)24(17(18)25)14-9-19(3,10-14)23-6-7-26-20(12-23)4-5-20/h8,11,14H,4-7,9-10,12H2,1-3H3/t14-,19+. The first-order valence-corrected chi connectivity index (χ1v) is 10.4. The molecule has 2 saturated carbocycles. The highest BCUT2D eigenvalue weighted by molar-refractivity contribution is 9.10. The summed E-state index contributed by atoms with van der Waals surface area (Å²) in [5.41, 5.74) is 1.68. The van der Waals surface area contributed by atoms with Gasteiger partial charge in [-0.2, -0.15) is 0 Å². The van der Waals surface area contributed by atoms with Crippen LogP contribution in [0, 0.1) is 0 Å². The highest BCUT2D eigenvalue weighted by Crippen LogP contribution is 2.51. The fraction of sp³-hybridized carbons (Fsp3) is 0.700. The molecule has 2 aliphatic carbocycles. The molecule has 140 valence electrons. The van der Waals surface area contributed by atoms with E-state index < -0.39 is 5.41 Å². The Bertz CT molecular complexity index is 783. The molecule has 0 N–H and O–H groups in total. The summed E-state index contributed by atoms with van der Waals surface area (Å²) in [4.78, 5) is 22.4. The van der Waals surface area contributed by atoms with E-state index >= 15 is 0 Å². The molecule has 1 saturated heterocycles. The number of hydrogen-bond acceptors (Lipinski definition) is 4. The number of rotatable bonds is 2. The van der Waals surface area contributed by atoms with E-state index in [1.165, 1.54) is 12.8 Å². The largest absolute Gasteiger partial charge is 0.372 e. The van der Waals surface area contributed by atoms with E-state index in [1.807, 2.05) is 18.7 Å². The number of halogens is 1. The molecule has 2 aliphatic heterocycles. The first-order chi connectivity index (χ1) is 12.2. The van der Waals surface area contributed by atoms with E-state index in [4.69, 9.17) is 4.74 Å². The van der Waals surface area contributed by atoms with Crippen molar-refractivity contribution >= 4 is 27.5 Å². The normalized spacial score (nSPS) is 34.7. The van der Waals surface area contributed by atoms with Crippen molar-refractivity contribution in [3.8, 4) is 0 Å². The van der Waals surface area contributed by atoms with Crippen LogP contribution in [0.4, 0.5) is 5.69 Å². The molecule has 0 unspecified atom stereocenters. The summed E-state index contributed by atoms with van der Waals surface area (Å²) in [7, 11) is 0. The number of anilines is 1. The van der Waals surface area contributed by atoms with Crippen molar-refractivity contribution < 1.29 is 9.53 Å². The first-order valence-electron chi connectivity index (χ1n) is 9.63. The van der Waals surface area contributed by atoms with Gasteiger partial charge >= 0.3 is 0 Å². The van der Waals surface area contributed by atoms with Crippen LogP contribution in [0.25, 0.3) is 0 Å². The lowest BCUT2D eigenvalue weighted by atomic mass is 9.71. The number of nitrogens with zero attached hydrogens (tertiary/aromatic N) is 3. The number of amides is 1. The van der Waals surface area contributed by atoms with Gasteiger partial charge in [0, 0.05) is 35.3 Å². The molecule has 26 heavy (non-hydrogen) atoms. The van der Waals surface area contributed by atoms with Gasteiger partial charge in [-0.1, -0.05) is 0 Å². The molecule has 5 rings (SSSR count). The van der Waals surface area contributed by atoms with Gasteiger partial charge in [0.25, 0.3) is 0 Å². The van der Waals surface area contributed by atoms with Gasteiger partial charge in [-0.25, -0.2) is 0 Å². The first kappa shape index (κ1) is 17.1. The van der Waals surface area contributed by atoms with Crippen LogP contribution < -0.4 is 4.90 Å². The predicted octanol–water partition coefficient (Wildman–Crippen LogP) is 3.25. The molecule has 1 aromatic heterocycles. The van der Waals surface area contributed by atoms with Crippen molar-refractivity contribution in [2.45, 2.75) is 69.1 Å². The maximum Gasteiger partial charge on any atom is 0.239 e. The Balaban J connectivity index is 1.38. The third-order valence-electron chi connectivity index (χ3n) is 6.97. The Hall–Kier alpha value is -0.980. The Morgan fingerprint density at radius 3 is 2.69 bits per heavy atom. The van der Waals surface area contributed by atoms with E-state index in [-0.39, 0.29) is 23.1 Å². The summed E-state index contributed by atoms with van der Waals surface area (Å²) in [6.45, 7) is 9.25. The molecule has 3 heterocycles. The molecule has 1 aromatic rings. The van der Waals surface area contributed by atoms with Crippen LogP contribution in [-0.2, 0) is 14.9 Å². The number of aromatic nitrogens is 1. The van der Waals surface area contributed by atoms with Crippen molar-refractivity contribution in [3.05, 3.63) is 22.4 Å². The van der Waals surface area contributed by atoms with Crippen LogP contribution in [0.5, 0.6) is 0 Å². The number of morpholine rings is 1. The van der Waals surface area contributed by atoms with Crippen LogP contribution in [0.15, 0.2) is 16.7 Å². The molecule has 1 spiro atoms. The molecule has 5 nitrogen and oxygen atoms in total. The Morgan fingerprint density at radius 1 is 1.27 bits per heavy atom. The summed E-state index contributed by atoms with van der Waals surface area (Å²) in [5, 5.41) is 0. The van der Waals surface area contributed by atoms with Gasteiger partial charge in [0.05, 0.1) is 29.0 Å². The molecule has 3 fully saturated rings. The number of hydrogen-bond donors (Lipinski definition) is 0. The number of carbonyl (C=O) groups excluding carboxylic acids is 1. The predicted molar refractivity (Wildman–Crippen MR) is 103 cm³/mol. The monoisotopic (exact) mass is 419 g/mol. The Labute approximate surface area is 163 Å². The molecular weight excluding hydrogens is 394 g/mol. The van der Waals surface area contributed by atoms with E-state index in [2.05, 4.69) is 38.8 Å². The second kappa shape index (κ2) is 5.30. The second-order valence-corrected chi connectivity index (χ2v) is 10.2. The van der Waals surface area contributed by atoms with E-state index in [1.54, 1.807) is 6.20 Å². The van der Waals surface area contributed by atoms with Crippen LogP contribution in [-0.4, -0.2) is 52.7 Å². The zero-order valence-corrected chi connectivity index (χ0v) is 17.3. The second-order valence-electron chi connectivity index (χ2n) is 9.33. The number of carbonyl (C=O) groups is 1. The Kier molecular flexibility index (Phi) is 3.49. The zero-order valence-electron chi connectivity index (χ0n) is 15.7. The van der Waals surface area contributed by atoms with Gasteiger partial charge in [-0.05, 0) is 68.5 Å². The molecule has 0 aromatic carbocycles.